The normalized spacial score (nSPS) is 26.6. The number of allylic oxidation sites excluding steroid dienone is 2. The van der Waals surface area contributed by atoms with E-state index in [9.17, 15) is 24.6 Å². The van der Waals surface area contributed by atoms with Crippen LogP contribution in [0.5, 0.6) is 17.2 Å². The number of phenolic OH excluding ortho intramolecular Hbond substituents is 2. The number of hydrogen-bond acceptors (Lipinski definition) is 7. The van der Waals surface area contributed by atoms with Gasteiger partial charge in [0, 0.05) is 27.5 Å². The van der Waals surface area contributed by atoms with Crippen LogP contribution in [-0.2, 0) is 31.0 Å². The third-order valence-corrected chi connectivity index (χ3v) is 12.1. The smallest absolute Gasteiger partial charge is 0.246 e. The summed E-state index contributed by atoms with van der Waals surface area (Å²) in [6.45, 7) is 0.169. The minimum absolute atomic E-state index is 0.128. The second-order valence-electron chi connectivity index (χ2n) is 13.9. The van der Waals surface area contributed by atoms with Crippen molar-refractivity contribution < 1.29 is 34.1 Å². The summed E-state index contributed by atoms with van der Waals surface area (Å²) < 4.78 is 6.17. The predicted octanol–water partition coefficient (Wildman–Crippen LogP) is 6.93. The van der Waals surface area contributed by atoms with E-state index in [1.807, 2.05) is 36.4 Å². The molecule has 52 heavy (non-hydrogen) atoms. The molecule has 2 saturated heterocycles. The molecule has 1 saturated carbocycles. The number of aromatic hydroxyl groups is 2. The maximum Gasteiger partial charge on any atom is 0.246 e. The van der Waals surface area contributed by atoms with Crippen molar-refractivity contribution in [2.24, 2.45) is 23.7 Å². The van der Waals surface area contributed by atoms with Crippen molar-refractivity contribution in [2.45, 2.75) is 30.6 Å². The largest absolute Gasteiger partial charge is 0.508 e. The molecule has 0 aromatic heterocycles. The summed E-state index contributed by atoms with van der Waals surface area (Å²) in [5, 5.41) is 22.0. The Morgan fingerprint density at radius 3 is 2.35 bits per heavy atom. The van der Waals surface area contributed by atoms with Crippen molar-refractivity contribution in [2.75, 3.05) is 18.6 Å². The monoisotopic (exact) mass is 780 g/mol. The molecule has 0 unspecified atom stereocenters. The molecule has 264 valence electrons. The van der Waals surface area contributed by atoms with Gasteiger partial charge < -0.3 is 14.9 Å². The van der Waals surface area contributed by atoms with Crippen molar-refractivity contribution in [1.82, 2.24) is 4.90 Å². The summed E-state index contributed by atoms with van der Waals surface area (Å²) in [6.07, 6.45) is 2.77. The van der Waals surface area contributed by atoms with Crippen LogP contribution in [0.15, 0.2) is 107 Å². The highest BCUT2D eigenvalue weighted by molar-refractivity contribution is 9.10. The number of hydrogen-bond donors (Lipinski definition) is 2. The molecule has 3 fully saturated rings. The standard InChI is InChI=1S/C41H34BrClN2O7/c1-52-33-19-24(42)18-31(36(33)47)35-28-14-15-29-34(39(50)44(37(29)48)17-16-22-10-12-27(46)13-11-22)30(28)21-32-38(49)45(26-9-5-8-25(43)20-26)40(51)41(32,35)23-6-3-2-4-7-23/h2-14,18-20,29-30,32,34-35,46-47H,15-17,21H2,1H3/t29-,30+,32-,34-,35+,41+/m0/s1. The van der Waals surface area contributed by atoms with E-state index in [1.54, 1.807) is 60.7 Å². The highest BCUT2D eigenvalue weighted by Crippen LogP contribution is 2.65. The van der Waals surface area contributed by atoms with E-state index in [2.05, 4.69) is 15.9 Å². The van der Waals surface area contributed by atoms with E-state index in [0.29, 0.717) is 32.7 Å². The first kappa shape index (κ1) is 34.2. The van der Waals surface area contributed by atoms with Crippen LogP contribution in [0, 0.1) is 23.7 Å². The van der Waals surface area contributed by atoms with Gasteiger partial charge in [-0.2, -0.15) is 0 Å². The van der Waals surface area contributed by atoms with Gasteiger partial charge in [0.2, 0.25) is 23.6 Å². The average Bonchev–Trinajstić information content (AvgIpc) is 3.52. The number of carbonyl (C=O) groups excluding carboxylic acids is 4. The number of fused-ring (bicyclic) bond motifs is 4. The number of ether oxygens (including phenoxy) is 1. The highest BCUT2D eigenvalue weighted by Gasteiger charge is 2.70. The Hall–Kier alpha value is -4.93. The third kappa shape index (κ3) is 5.10. The maximum absolute atomic E-state index is 15.4. The Morgan fingerprint density at radius 2 is 1.63 bits per heavy atom. The Kier molecular flexibility index (Phi) is 8.50. The summed E-state index contributed by atoms with van der Waals surface area (Å²) in [6, 6.07) is 25.8. The number of likely N-dealkylation sites (tertiary alicyclic amines) is 1. The zero-order chi connectivity index (χ0) is 36.5. The molecule has 4 aromatic rings. The Labute approximate surface area is 313 Å². The van der Waals surface area contributed by atoms with Crippen LogP contribution in [0.1, 0.15) is 35.4 Å². The van der Waals surface area contributed by atoms with E-state index in [0.717, 1.165) is 11.1 Å². The quantitative estimate of drug-likeness (QED) is 0.154. The van der Waals surface area contributed by atoms with Gasteiger partial charge in [-0.05, 0) is 78.8 Å². The molecule has 0 bridgehead atoms. The van der Waals surface area contributed by atoms with Gasteiger partial charge in [0.25, 0.3) is 0 Å². The first-order chi connectivity index (χ1) is 25.1. The molecule has 8 rings (SSSR count). The number of nitrogens with zero attached hydrogens (tertiary/aromatic N) is 2. The fourth-order valence-electron chi connectivity index (χ4n) is 9.25. The SMILES string of the molecule is COc1cc(Br)cc([C@H]2C3=CC[C@@H]4C(=O)N(CCc5ccc(O)cc5)C(=O)[C@@H]4[C@@H]3C[C@H]3C(=O)N(c4cccc(Cl)c4)C(=O)[C@@]23c2ccccc2)c1O. The molecule has 2 N–H and O–H groups in total. The molecule has 4 amide bonds. The molecule has 4 aliphatic rings. The Morgan fingerprint density at radius 1 is 0.885 bits per heavy atom. The van der Waals surface area contributed by atoms with Crippen molar-refractivity contribution in [3.05, 3.63) is 129 Å². The van der Waals surface area contributed by atoms with E-state index in [-0.39, 0.29) is 48.4 Å². The molecule has 6 atom stereocenters. The van der Waals surface area contributed by atoms with Crippen LogP contribution < -0.4 is 9.64 Å². The average molecular weight is 782 g/mol. The number of halogens is 2. The lowest BCUT2D eigenvalue weighted by Gasteiger charge is -2.50. The van der Waals surface area contributed by atoms with Gasteiger partial charge in [0.15, 0.2) is 11.5 Å². The van der Waals surface area contributed by atoms with Crippen molar-refractivity contribution in [3.63, 3.8) is 0 Å². The number of phenols is 2. The van der Waals surface area contributed by atoms with E-state index in [1.165, 1.54) is 16.9 Å². The lowest BCUT2D eigenvalue weighted by Crippen LogP contribution is -2.53. The number of benzene rings is 4. The topological polar surface area (TPSA) is 124 Å². The van der Waals surface area contributed by atoms with Crippen LogP contribution in [0.3, 0.4) is 0 Å². The van der Waals surface area contributed by atoms with Crippen LogP contribution in [0.4, 0.5) is 5.69 Å². The van der Waals surface area contributed by atoms with Gasteiger partial charge in [-0.15, -0.1) is 0 Å². The zero-order valence-electron chi connectivity index (χ0n) is 28.0. The molecule has 0 spiro atoms. The number of methoxy groups -OCH3 is 1. The lowest BCUT2D eigenvalue weighted by molar-refractivity contribution is -0.140. The molecule has 2 heterocycles. The fraction of sp³-hybridized carbons (Fsp3) is 0.268. The molecular weight excluding hydrogens is 748 g/mol. The van der Waals surface area contributed by atoms with E-state index >= 15 is 4.79 Å². The lowest BCUT2D eigenvalue weighted by atomic mass is 9.49. The molecule has 11 heteroatoms. The first-order valence-electron chi connectivity index (χ1n) is 17.1. The predicted molar refractivity (Wildman–Crippen MR) is 197 cm³/mol. The van der Waals surface area contributed by atoms with Gasteiger partial charge in [-0.1, -0.05) is 87.7 Å². The second-order valence-corrected chi connectivity index (χ2v) is 15.2. The van der Waals surface area contributed by atoms with Crippen molar-refractivity contribution in [3.8, 4) is 17.2 Å². The first-order valence-corrected chi connectivity index (χ1v) is 18.3. The number of rotatable bonds is 7. The van der Waals surface area contributed by atoms with Gasteiger partial charge >= 0.3 is 0 Å². The zero-order valence-corrected chi connectivity index (χ0v) is 30.4. The summed E-state index contributed by atoms with van der Waals surface area (Å²) in [5.74, 6) is -5.21. The molecule has 9 nitrogen and oxygen atoms in total. The summed E-state index contributed by atoms with van der Waals surface area (Å²) in [5.41, 5.74) is 1.34. The van der Waals surface area contributed by atoms with Crippen LogP contribution >= 0.6 is 27.5 Å². The molecule has 2 aliphatic carbocycles. The van der Waals surface area contributed by atoms with Gasteiger partial charge in [0.05, 0.1) is 36.0 Å². The Balaban J connectivity index is 1.31. The van der Waals surface area contributed by atoms with E-state index < -0.39 is 46.8 Å². The van der Waals surface area contributed by atoms with Crippen molar-refractivity contribution in [1.29, 1.82) is 0 Å². The number of imide groups is 2. The van der Waals surface area contributed by atoms with E-state index in [4.69, 9.17) is 16.3 Å². The van der Waals surface area contributed by atoms with Crippen LogP contribution in [0.2, 0.25) is 5.02 Å². The minimum Gasteiger partial charge on any atom is -0.508 e. The highest BCUT2D eigenvalue weighted by atomic mass is 79.9. The minimum atomic E-state index is -1.54. The third-order valence-electron chi connectivity index (χ3n) is 11.4. The van der Waals surface area contributed by atoms with Gasteiger partial charge in [-0.3, -0.25) is 24.1 Å². The Bertz CT molecular complexity index is 2170. The molecule has 2 aliphatic heterocycles. The van der Waals surface area contributed by atoms with Crippen molar-refractivity contribution >= 4 is 56.8 Å². The van der Waals surface area contributed by atoms with Crippen LogP contribution in [-0.4, -0.2) is 52.4 Å². The maximum atomic E-state index is 15.4. The molecule has 0 radical (unpaired) electrons. The molecule has 4 aromatic carbocycles. The van der Waals surface area contributed by atoms with Gasteiger partial charge in [0.1, 0.15) is 5.75 Å². The summed E-state index contributed by atoms with van der Waals surface area (Å²) in [7, 11) is 1.44. The number of amides is 4. The second kappa shape index (κ2) is 12.9. The van der Waals surface area contributed by atoms with Crippen LogP contribution in [0.25, 0.3) is 0 Å². The number of anilines is 1. The summed E-state index contributed by atoms with van der Waals surface area (Å²) in [4.78, 5) is 61.2. The summed E-state index contributed by atoms with van der Waals surface area (Å²) >= 11 is 9.98. The fourth-order valence-corrected chi connectivity index (χ4v) is 9.89. The van der Waals surface area contributed by atoms with Gasteiger partial charge in [-0.25, -0.2) is 4.90 Å². The number of carbonyl (C=O) groups is 4. The molecular formula is C41H34BrClN2O7.